The largest absolute Gasteiger partial charge is 0.381 e. The summed E-state index contributed by atoms with van der Waals surface area (Å²) in [6.45, 7) is 2.20. The molecule has 148 valence electrons. The van der Waals surface area contributed by atoms with Crippen LogP contribution in [-0.2, 0) is 11.3 Å². The summed E-state index contributed by atoms with van der Waals surface area (Å²) in [4.78, 5) is 16.8. The van der Waals surface area contributed by atoms with E-state index < -0.39 is 0 Å². The molecule has 2 aromatic carbocycles. The van der Waals surface area contributed by atoms with Gasteiger partial charge in [-0.3, -0.25) is 9.78 Å². The second-order valence-corrected chi connectivity index (χ2v) is 7.25. The Morgan fingerprint density at radius 2 is 1.53 bits per heavy atom. The standard InChI is InChI=1S/C27H24N2O/c1-20(30)24-16-10-17-25(24)27(29-19-23-15-8-9-18-28-23)26(21-11-4-2-5-12-21)22-13-6-3-7-14-22/h2-18,26,29H,19H2,1H3. The van der Waals surface area contributed by atoms with Gasteiger partial charge in [0.05, 0.1) is 12.2 Å². The van der Waals surface area contributed by atoms with E-state index >= 15 is 0 Å². The van der Waals surface area contributed by atoms with Crippen LogP contribution in [0.1, 0.15) is 29.7 Å². The lowest BCUT2D eigenvalue weighted by molar-refractivity contribution is -0.113. The van der Waals surface area contributed by atoms with E-state index in [1.54, 1.807) is 13.1 Å². The molecule has 4 rings (SSSR count). The summed E-state index contributed by atoms with van der Waals surface area (Å²) in [5, 5.41) is 3.63. The number of Topliss-reactive ketones (excluding diaryl/α,β-unsaturated/α-hetero) is 1. The van der Waals surface area contributed by atoms with Gasteiger partial charge in [0.2, 0.25) is 0 Å². The molecule has 3 aromatic rings. The van der Waals surface area contributed by atoms with Gasteiger partial charge in [-0.05, 0) is 30.2 Å². The van der Waals surface area contributed by atoms with Gasteiger partial charge < -0.3 is 5.32 Å². The van der Waals surface area contributed by atoms with Gasteiger partial charge in [-0.15, -0.1) is 0 Å². The summed E-state index contributed by atoms with van der Waals surface area (Å²) >= 11 is 0. The van der Waals surface area contributed by atoms with Crippen LogP contribution in [-0.4, -0.2) is 10.8 Å². The molecule has 0 radical (unpaired) electrons. The van der Waals surface area contributed by atoms with Gasteiger partial charge in [0, 0.05) is 29.0 Å². The van der Waals surface area contributed by atoms with Crippen molar-refractivity contribution in [2.24, 2.45) is 0 Å². The van der Waals surface area contributed by atoms with E-state index in [1.165, 1.54) is 11.1 Å². The molecule has 1 N–H and O–H groups in total. The van der Waals surface area contributed by atoms with Crippen molar-refractivity contribution in [1.29, 1.82) is 0 Å². The number of carbonyl (C=O) groups is 1. The number of benzene rings is 2. The van der Waals surface area contributed by atoms with Crippen molar-refractivity contribution in [2.75, 3.05) is 0 Å². The number of nitrogens with zero attached hydrogens (tertiary/aromatic N) is 1. The van der Waals surface area contributed by atoms with Crippen molar-refractivity contribution in [3.05, 3.63) is 137 Å². The van der Waals surface area contributed by atoms with E-state index in [0.717, 1.165) is 22.5 Å². The molecule has 1 aliphatic carbocycles. The maximum atomic E-state index is 12.3. The number of aromatic nitrogens is 1. The molecule has 1 heterocycles. The molecule has 0 atom stereocenters. The summed E-state index contributed by atoms with van der Waals surface area (Å²) in [7, 11) is 0. The number of allylic oxidation sites excluding steroid dienone is 6. The quantitative estimate of drug-likeness (QED) is 0.590. The van der Waals surface area contributed by atoms with Crippen LogP contribution in [0.2, 0.25) is 0 Å². The molecule has 0 spiro atoms. The number of nitrogens with one attached hydrogen (secondary N) is 1. The fourth-order valence-corrected chi connectivity index (χ4v) is 3.82. The Morgan fingerprint density at radius 1 is 0.900 bits per heavy atom. The zero-order valence-corrected chi connectivity index (χ0v) is 17.0. The van der Waals surface area contributed by atoms with Crippen LogP contribution in [0.5, 0.6) is 0 Å². The molecule has 0 amide bonds. The zero-order valence-electron chi connectivity index (χ0n) is 17.0. The number of hydrogen-bond donors (Lipinski definition) is 1. The van der Waals surface area contributed by atoms with Crippen LogP contribution in [0, 0.1) is 0 Å². The van der Waals surface area contributed by atoms with E-state index in [1.807, 2.05) is 48.6 Å². The minimum atomic E-state index is -0.0309. The highest BCUT2D eigenvalue weighted by Gasteiger charge is 2.25. The Labute approximate surface area is 177 Å². The molecular formula is C27H24N2O. The molecule has 0 unspecified atom stereocenters. The summed E-state index contributed by atoms with van der Waals surface area (Å²) in [5.41, 5.74) is 5.97. The molecule has 1 aromatic heterocycles. The first-order valence-electron chi connectivity index (χ1n) is 10.1. The second-order valence-electron chi connectivity index (χ2n) is 7.25. The van der Waals surface area contributed by atoms with Crippen LogP contribution in [0.15, 0.2) is 120 Å². The van der Waals surface area contributed by atoms with E-state index in [2.05, 4.69) is 58.8 Å². The third-order valence-electron chi connectivity index (χ3n) is 5.23. The van der Waals surface area contributed by atoms with Crippen molar-refractivity contribution in [2.45, 2.75) is 19.4 Å². The number of ketones is 1. The van der Waals surface area contributed by atoms with Gasteiger partial charge in [-0.2, -0.15) is 0 Å². The summed E-state index contributed by atoms with van der Waals surface area (Å²) in [6, 6.07) is 26.7. The monoisotopic (exact) mass is 392 g/mol. The lowest BCUT2D eigenvalue weighted by Crippen LogP contribution is -2.23. The lowest BCUT2D eigenvalue weighted by Gasteiger charge is -2.25. The predicted molar refractivity (Wildman–Crippen MR) is 121 cm³/mol. The van der Waals surface area contributed by atoms with Crippen molar-refractivity contribution >= 4 is 5.78 Å². The van der Waals surface area contributed by atoms with Gasteiger partial charge >= 0.3 is 0 Å². The maximum Gasteiger partial charge on any atom is 0.160 e. The van der Waals surface area contributed by atoms with E-state index in [-0.39, 0.29) is 11.7 Å². The Bertz CT molecular complexity index is 1060. The average molecular weight is 393 g/mol. The second kappa shape index (κ2) is 9.19. The van der Waals surface area contributed by atoms with E-state index in [9.17, 15) is 4.79 Å². The smallest absolute Gasteiger partial charge is 0.160 e. The van der Waals surface area contributed by atoms with Gasteiger partial charge in [-0.25, -0.2) is 0 Å². The van der Waals surface area contributed by atoms with Crippen LogP contribution in [0.3, 0.4) is 0 Å². The van der Waals surface area contributed by atoms with Crippen molar-refractivity contribution in [3.8, 4) is 0 Å². The van der Waals surface area contributed by atoms with Crippen LogP contribution in [0.4, 0.5) is 0 Å². The fraction of sp³-hybridized carbons (Fsp3) is 0.111. The van der Waals surface area contributed by atoms with Crippen molar-refractivity contribution in [3.63, 3.8) is 0 Å². The third-order valence-corrected chi connectivity index (χ3v) is 5.23. The van der Waals surface area contributed by atoms with Crippen LogP contribution >= 0.6 is 0 Å². The van der Waals surface area contributed by atoms with Gasteiger partial charge in [-0.1, -0.05) is 85.0 Å². The van der Waals surface area contributed by atoms with Gasteiger partial charge in [0.1, 0.15) is 0 Å². The molecule has 0 fully saturated rings. The summed E-state index contributed by atoms with van der Waals surface area (Å²) in [5.74, 6) is 0.0311. The molecule has 0 saturated carbocycles. The SMILES string of the molecule is CC(=O)C1=CC=CC1=C(NCc1ccccn1)C(c1ccccc1)c1ccccc1. The molecule has 0 saturated heterocycles. The average Bonchev–Trinajstić information content (AvgIpc) is 3.28. The highest BCUT2D eigenvalue weighted by molar-refractivity contribution is 6.00. The van der Waals surface area contributed by atoms with Crippen molar-refractivity contribution < 1.29 is 4.79 Å². The fourth-order valence-electron chi connectivity index (χ4n) is 3.82. The predicted octanol–water partition coefficient (Wildman–Crippen LogP) is 5.34. The third kappa shape index (κ3) is 4.31. The van der Waals surface area contributed by atoms with Crippen molar-refractivity contribution in [1.82, 2.24) is 10.3 Å². The highest BCUT2D eigenvalue weighted by Crippen LogP contribution is 2.36. The molecule has 3 nitrogen and oxygen atoms in total. The topological polar surface area (TPSA) is 42.0 Å². The van der Waals surface area contributed by atoms with Gasteiger partial charge in [0.25, 0.3) is 0 Å². The van der Waals surface area contributed by atoms with Gasteiger partial charge in [0.15, 0.2) is 5.78 Å². The molecular weight excluding hydrogens is 368 g/mol. The lowest BCUT2D eigenvalue weighted by atomic mass is 9.85. The van der Waals surface area contributed by atoms with Crippen LogP contribution in [0.25, 0.3) is 0 Å². The number of hydrogen-bond acceptors (Lipinski definition) is 3. The van der Waals surface area contributed by atoms with E-state index in [4.69, 9.17) is 0 Å². The molecule has 1 aliphatic rings. The Hall–Kier alpha value is -3.72. The molecule has 0 aliphatic heterocycles. The first kappa shape index (κ1) is 19.6. The Balaban J connectivity index is 1.85. The molecule has 0 bridgehead atoms. The minimum Gasteiger partial charge on any atom is -0.381 e. The number of rotatable bonds is 7. The maximum absolute atomic E-state index is 12.3. The molecule has 3 heteroatoms. The summed E-state index contributed by atoms with van der Waals surface area (Å²) in [6.07, 6.45) is 7.66. The first-order valence-corrected chi connectivity index (χ1v) is 10.1. The molecule has 30 heavy (non-hydrogen) atoms. The van der Waals surface area contributed by atoms with E-state index in [0.29, 0.717) is 6.54 Å². The first-order chi connectivity index (χ1) is 14.7. The minimum absolute atomic E-state index is 0.0309. The summed E-state index contributed by atoms with van der Waals surface area (Å²) < 4.78 is 0. The zero-order chi connectivity index (χ0) is 20.8. The Morgan fingerprint density at radius 3 is 2.10 bits per heavy atom. The van der Waals surface area contributed by atoms with Crippen LogP contribution < -0.4 is 5.32 Å². The Kier molecular flexibility index (Phi) is 6.00. The normalized spacial score (nSPS) is 14.5. The highest BCUT2D eigenvalue weighted by atomic mass is 16.1. The number of pyridine rings is 1. The number of carbonyl (C=O) groups excluding carboxylic acids is 1.